The van der Waals surface area contributed by atoms with Gasteiger partial charge in [0.15, 0.2) is 5.78 Å². The van der Waals surface area contributed by atoms with Crippen LogP contribution in [-0.2, 0) is 4.79 Å². The Morgan fingerprint density at radius 3 is 2.36 bits per heavy atom. The second kappa shape index (κ2) is 4.41. The first-order valence-corrected chi connectivity index (χ1v) is 5.07. The molecule has 76 valence electrons. The van der Waals surface area contributed by atoms with E-state index in [0.29, 0.717) is 0 Å². The van der Waals surface area contributed by atoms with Crippen LogP contribution in [0.5, 0.6) is 0 Å². The average Bonchev–Trinajstić information content (AvgIpc) is 2.13. The molecule has 0 spiro atoms. The molecule has 0 aromatic heterocycles. The van der Waals surface area contributed by atoms with Crippen LogP contribution in [0.25, 0.3) is 0 Å². The van der Waals surface area contributed by atoms with Crippen molar-refractivity contribution >= 4 is 5.78 Å². The first kappa shape index (κ1) is 11.0. The SMILES string of the molecule is CC(=O)C=CC1=C(C)C(C)=C(C)CC1. The van der Waals surface area contributed by atoms with Gasteiger partial charge in [0.05, 0.1) is 0 Å². The smallest absolute Gasteiger partial charge is 0.152 e. The van der Waals surface area contributed by atoms with Crippen LogP contribution >= 0.6 is 0 Å². The molecular weight excluding hydrogens is 172 g/mol. The lowest BCUT2D eigenvalue weighted by atomic mass is 9.87. The van der Waals surface area contributed by atoms with Gasteiger partial charge < -0.3 is 0 Å². The second-order valence-corrected chi connectivity index (χ2v) is 4.00. The summed E-state index contributed by atoms with van der Waals surface area (Å²) in [5.41, 5.74) is 5.51. The van der Waals surface area contributed by atoms with Gasteiger partial charge in [-0.2, -0.15) is 0 Å². The van der Waals surface area contributed by atoms with E-state index in [0.717, 1.165) is 12.8 Å². The minimum atomic E-state index is 0.120. The van der Waals surface area contributed by atoms with Crippen LogP contribution in [0.1, 0.15) is 40.5 Å². The Labute approximate surface area is 86.2 Å². The van der Waals surface area contributed by atoms with E-state index in [2.05, 4.69) is 20.8 Å². The van der Waals surface area contributed by atoms with Crippen LogP contribution in [0.4, 0.5) is 0 Å². The second-order valence-electron chi connectivity index (χ2n) is 4.00. The zero-order valence-corrected chi connectivity index (χ0v) is 9.48. The molecule has 1 heteroatoms. The molecule has 0 bridgehead atoms. The van der Waals surface area contributed by atoms with Gasteiger partial charge in [-0.15, -0.1) is 0 Å². The van der Waals surface area contributed by atoms with Crippen molar-refractivity contribution in [3.63, 3.8) is 0 Å². The van der Waals surface area contributed by atoms with Crippen molar-refractivity contribution in [2.75, 3.05) is 0 Å². The summed E-state index contributed by atoms with van der Waals surface area (Å²) in [4.78, 5) is 10.8. The van der Waals surface area contributed by atoms with Crippen molar-refractivity contribution in [3.8, 4) is 0 Å². The van der Waals surface area contributed by atoms with E-state index in [4.69, 9.17) is 0 Å². The number of rotatable bonds is 2. The molecule has 0 aliphatic heterocycles. The van der Waals surface area contributed by atoms with Gasteiger partial charge in [0.1, 0.15) is 0 Å². The van der Waals surface area contributed by atoms with Crippen LogP contribution < -0.4 is 0 Å². The number of allylic oxidation sites excluding steroid dienone is 6. The van der Waals surface area contributed by atoms with Gasteiger partial charge in [-0.1, -0.05) is 11.6 Å². The molecule has 0 fully saturated rings. The van der Waals surface area contributed by atoms with Crippen molar-refractivity contribution in [2.45, 2.75) is 40.5 Å². The highest BCUT2D eigenvalue weighted by Crippen LogP contribution is 2.30. The molecular formula is C13H18O. The monoisotopic (exact) mass is 190 g/mol. The van der Waals surface area contributed by atoms with Crippen LogP contribution in [0.2, 0.25) is 0 Å². The maximum atomic E-state index is 10.8. The van der Waals surface area contributed by atoms with Gasteiger partial charge in [-0.3, -0.25) is 4.79 Å². The summed E-state index contributed by atoms with van der Waals surface area (Å²) in [6.07, 6.45) is 5.82. The number of hydrogen-bond donors (Lipinski definition) is 0. The fourth-order valence-corrected chi connectivity index (χ4v) is 1.68. The Balaban J connectivity index is 2.95. The predicted octanol–water partition coefficient (Wildman–Crippen LogP) is 3.58. The molecule has 0 heterocycles. The summed E-state index contributed by atoms with van der Waals surface area (Å²) < 4.78 is 0. The number of carbonyl (C=O) groups is 1. The van der Waals surface area contributed by atoms with Crippen molar-refractivity contribution in [1.82, 2.24) is 0 Å². The van der Waals surface area contributed by atoms with Crippen LogP contribution in [0.15, 0.2) is 34.4 Å². The lowest BCUT2D eigenvalue weighted by molar-refractivity contribution is -0.112. The quantitative estimate of drug-likeness (QED) is 0.608. The summed E-state index contributed by atoms with van der Waals surface area (Å²) >= 11 is 0. The lowest BCUT2D eigenvalue weighted by Gasteiger charge is -2.18. The van der Waals surface area contributed by atoms with Gasteiger partial charge in [-0.25, -0.2) is 0 Å². The van der Waals surface area contributed by atoms with E-state index in [-0.39, 0.29) is 5.78 Å². The zero-order valence-electron chi connectivity index (χ0n) is 9.48. The maximum absolute atomic E-state index is 10.8. The Morgan fingerprint density at radius 1 is 1.14 bits per heavy atom. The van der Waals surface area contributed by atoms with E-state index in [1.54, 1.807) is 13.0 Å². The first-order valence-electron chi connectivity index (χ1n) is 5.07. The zero-order chi connectivity index (χ0) is 10.7. The fourth-order valence-electron chi connectivity index (χ4n) is 1.68. The Bertz CT molecular complexity index is 340. The predicted molar refractivity (Wildman–Crippen MR) is 60.1 cm³/mol. The maximum Gasteiger partial charge on any atom is 0.152 e. The molecule has 0 saturated heterocycles. The summed E-state index contributed by atoms with van der Waals surface area (Å²) in [6, 6.07) is 0. The topological polar surface area (TPSA) is 17.1 Å². The van der Waals surface area contributed by atoms with E-state index in [1.807, 2.05) is 6.08 Å². The van der Waals surface area contributed by atoms with E-state index in [1.165, 1.54) is 22.3 Å². The Hall–Kier alpha value is -1.11. The molecule has 0 radical (unpaired) electrons. The first-order chi connectivity index (χ1) is 6.52. The Morgan fingerprint density at radius 2 is 1.79 bits per heavy atom. The standard InChI is InChI=1S/C13H18O/c1-9-5-7-13(8-6-10(2)14)12(4)11(9)3/h6,8H,5,7H2,1-4H3. The van der Waals surface area contributed by atoms with Crippen molar-refractivity contribution in [3.05, 3.63) is 34.4 Å². The number of ketones is 1. The molecule has 0 aromatic carbocycles. The summed E-state index contributed by atoms with van der Waals surface area (Å²) in [6.45, 7) is 8.07. The van der Waals surface area contributed by atoms with Crippen molar-refractivity contribution < 1.29 is 4.79 Å². The molecule has 0 atom stereocenters. The summed E-state index contributed by atoms with van der Waals surface area (Å²) in [5.74, 6) is 0.120. The van der Waals surface area contributed by atoms with Gasteiger partial charge >= 0.3 is 0 Å². The van der Waals surface area contributed by atoms with Crippen molar-refractivity contribution in [2.24, 2.45) is 0 Å². The van der Waals surface area contributed by atoms with E-state index < -0.39 is 0 Å². The Kier molecular flexibility index (Phi) is 3.45. The molecule has 0 unspecified atom stereocenters. The molecule has 1 rings (SSSR count). The molecule has 0 amide bonds. The normalized spacial score (nSPS) is 18.3. The molecule has 14 heavy (non-hydrogen) atoms. The minimum absolute atomic E-state index is 0.120. The van der Waals surface area contributed by atoms with Gasteiger partial charge in [0, 0.05) is 0 Å². The molecule has 0 N–H and O–H groups in total. The van der Waals surface area contributed by atoms with Crippen molar-refractivity contribution in [1.29, 1.82) is 0 Å². The largest absolute Gasteiger partial charge is 0.295 e. The van der Waals surface area contributed by atoms with Gasteiger partial charge in [0.25, 0.3) is 0 Å². The highest BCUT2D eigenvalue weighted by atomic mass is 16.1. The third kappa shape index (κ3) is 2.44. The lowest BCUT2D eigenvalue weighted by Crippen LogP contribution is -1.99. The molecule has 0 aromatic rings. The molecule has 1 aliphatic rings. The third-order valence-electron chi connectivity index (χ3n) is 2.97. The third-order valence-corrected chi connectivity index (χ3v) is 2.97. The molecule has 0 saturated carbocycles. The van der Waals surface area contributed by atoms with Crippen LogP contribution in [0.3, 0.4) is 0 Å². The fraction of sp³-hybridized carbons (Fsp3) is 0.462. The highest BCUT2D eigenvalue weighted by molar-refractivity contribution is 5.87. The summed E-state index contributed by atoms with van der Waals surface area (Å²) in [7, 11) is 0. The summed E-state index contributed by atoms with van der Waals surface area (Å²) in [5, 5.41) is 0. The minimum Gasteiger partial charge on any atom is -0.295 e. The van der Waals surface area contributed by atoms with E-state index in [9.17, 15) is 4.79 Å². The number of hydrogen-bond acceptors (Lipinski definition) is 1. The average molecular weight is 190 g/mol. The van der Waals surface area contributed by atoms with Gasteiger partial charge in [-0.05, 0) is 63.3 Å². The van der Waals surface area contributed by atoms with Crippen LogP contribution in [0, 0.1) is 0 Å². The van der Waals surface area contributed by atoms with E-state index >= 15 is 0 Å². The number of carbonyl (C=O) groups excluding carboxylic acids is 1. The van der Waals surface area contributed by atoms with Crippen LogP contribution in [-0.4, -0.2) is 5.78 Å². The highest BCUT2D eigenvalue weighted by Gasteiger charge is 2.10. The molecule has 1 aliphatic carbocycles. The van der Waals surface area contributed by atoms with Gasteiger partial charge in [0.2, 0.25) is 0 Å². The molecule has 1 nitrogen and oxygen atoms in total.